The molecule has 0 aliphatic carbocycles. The fourth-order valence-corrected chi connectivity index (χ4v) is 1.77. The maximum absolute atomic E-state index is 11.7. The molecule has 1 heterocycles. The van der Waals surface area contributed by atoms with Crippen LogP contribution in [0.15, 0.2) is 58.3 Å². The van der Waals surface area contributed by atoms with E-state index in [1.807, 2.05) is 25.1 Å². The minimum absolute atomic E-state index is 0.0778. The van der Waals surface area contributed by atoms with Crippen LogP contribution in [0, 0.1) is 0 Å². The Morgan fingerprint density at radius 3 is 2.74 bits per heavy atom. The van der Waals surface area contributed by atoms with Crippen molar-refractivity contribution in [2.75, 3.05) is 13.2 Å². The first kappa shape index (κ1) is 16.4. The normalized spacial score (nSPS) is 12.5. The van der Waals surface area contributed by atoms with Crippen LogP contribution in [0.25, 0.3) is 0 Å². The average molecular weight is 317 g/mol. The summed E-state index contributed by atoms with van der Waals surface area (Å²) in [7, 11) is 0. The van der Waals surface area contributed by atoms with Crippen molar-refractivity contribution in [2.45, 2.75) is 13.0 Å². The highest BCUT2D eigenvalue weighted by Crippen LogP contribution is 2.11. The van der Waals surface area contributed by atoms with Crippen molar-refractivity contribution in [1.29, 1.82) is 0 Å². The molecule has 1 atom stereocenters. The minimum atomic E-state index is -0.325. The monoisotopic (exact) mass is 317 g/mol. The molecule has 0 aliphatic rings. The molecule has 1 amide bonds. The topological polar surface area (TPSA) is 99.1 Å². The SMILES string of the molecule is CC(NC(=O)CO/N=C(\N)COc1ccccc1)c1ccco1. The molecule has 0 fully saturated rings. The number of carbonyl (C=O) groups excluding carboxylic acids is 1. The molecule has 2 rings (SSSR count). The fourth-order valence-electron chi connectivity index (χ4n) is 1.77. The van der Waals surface area contributed by atoms with Crippen molar-refractivity contribution in [2.24, 2.45) is 10.9 Å². The smallest absolute Gasteiger partial charge is 0.261 e. The van der Waals surface area contributed by atoms with E-state index in [0.29, 0.717) is 11.5 Å². The first-order valence-corrected chi connectivity index (χ1v) is 7.10. The van der Waals surface area contributed by atoms with Gasteiger partial charge in [-0.05, 0) is 31.2 Å². The molecule has 0 spiro atoms. The van der Waals surface area contributed by atoms with Crippen LogP contribution in [0.1, 0.15) is 18.7 Å². The molecule has 0 saturated carbocycles. The van der Waals surface area contributed by atoms with Gasteiger partial charge in [0.25, 0.3) is 5.91 Å². The van der Waals surface area contributed by atoms with Crippen LogP contribution in [-0.2, 0) is 9.63 Å². The molecule has 1 aromatic heterocycles. The molecular formula is C16H19N3O4. The van der Waals surface area contributed by atoms with Gasteiger partial charge < -0.3 is 25.0 Å². The van der Waals surface area contributed by atoms with Gasteiger partial charge in [0.2, 0.25) is 0 Å². The Labute approximate surface area is 134 Å². The molecule has 2 aromatic rings. The number of nitrogens with one attached hydrogen (secondary N) is 1. The van der Waals surface area contributed by atoms with Crippen LogP contribution >= 0.6 is 0 Å². The largest absolute Gasteiger partial charge is 0.486 e. The van der Waals surface area contributed by atoms with Gasteiger partial charge in [0.15, 0.2) is 12.4 Å². The van der Waals surface area contributed by atoms with Gasteiger partial charge >= 0.3 is 0 Å². The summed E-state index contributed by atoms with van der Waals surface area (Å²) >= 11 is 0. The van der Waals surface area contributed by atoms with Gasteiger partial charge in [-0.3, -0.25) is 4.79 Å². The number of ether oxygens (including phenoxy) is 1. The molecule has 0 bridgehead atoms. The fraction of sp³-hybridized carbons (Fsp3) is 0.250. The molecule has 0 radical (unpaired) electrons. The van der Waals surface area contributed by atoms with Gasteiger partial charge in [0.1, 0.15) is 18.1 Å². The zero-order valence-corrected chi connectivity index (χ0v) is 12.8. The molecule has 7 heteroatoms. The summed E-state index contributed by atoms with van der Waals surface area (Å²) in [6.07, 6.45) is 1.55. The number of furan rings is 1. The molecule has 122 valence electrons. The van der Waals surface area contributed by atoms with Crippen LogP contribution in [0.3, 0.4) is 0 Å². The van der Waals surface area contributed by atoms with Gasteiger partial charge in [0, 0.05) is 0 Å². The first-order valence-electron chi connectivity index (χ1n) is 7.10. The third kappa shape index (κ3) is 5.74. The number of benzene rings is 1. The Hall–Kier alpha value is -2.96. The van der Waals surface area contributed by atoms with Crippen molar-refractivity contribution >= 4 is 11.7 Å². The number of para-hydroxylation sites is 1. The first-order chi connectivity index (χ1) is 11.1. The maximum Gasteiger partial charge on any atom is 0.261 e. The van der Waals surface area contributed by atoms with E-state index in [2.05, 4.69) is 10.5 Å². The summed E-state index contributed by atoms with van der Waals surface area (Å²) in [5, 5.41) is 6.35. The van der Waals surface area contributed by atoms with Gasteiger partial charge in [-0.25, -0.2) is 0 Å². The lowest BCUT2D eigenvalue weighted by atomic mass is 10.2. The minimum Gasteiger partial charge on any atom is -0.486 e. The van der Waals surface area contributed by atoms with E-state index >= 15 is 0 Å². The van der Waals surface area contributed by atoms with Crippen LogP contribution in [0.4, 0.5) is 0 Å². The standard InChI is InChI=1S/C16H19N3O4/c1-12(14-8-5-9-21-14)18-16(20)11-23-19-15(17)10-22-13-6-3-2-4-7-13/h2-9,12H,10-11H2,1H3,(H2,17,19)(H,18,20). The van der Waals surface area contributed by atoms with E-state index in [-0.39, 0.29) is 31.0 Å². The molecule has 7 nitrogen and oxygen atoms in total. The molecule has 0 saturated heterocycles. The van der Waals surface area contributed by atoms with E-state index in [4.69, 9.17) is 19.7 Å². The Morgan fingerprint density at radius 1 is 1.26 bits per heavy atom. The zero-order chi connectivity index (χ0) is 16.5. The summed E-state index contributed by atoms with van der Waals surface area (Å²) in [6, 6.07) is 12.5. The number of nitrogens with two attached hydrogens (primary N) is 1. The number of carbonyl (C=O) groups is 1. The van der Waals surface area contributed by atoms with Crippen molar-refractivity contribution < 1.29 is 18.8 Å². The van der Waals surface area contributed by atoms with Crippen LogP contribution < -0.4 is 15.8 Å². The molecule has 23 heavy (non-hydrogen) atoms. The van der Waals surface area contributed by atoms with Crippen molar-refractivity contribution in [3.8, 4) is 5.75 Å². The highest BCUT2D eigenvalue weighted by Gasteiger charge is 2.11. The van der Waals surface area contributed by atoms with E-state index < -0.39 is 0 Å². The number of nitrogens with zero attached hydrogens (tertiary/aromatic N) is 1. The van der Waals surface area contributed by atoms with E-state index in [0.717, 1.165) is 0 Å². The van der Waals surface area contributed by atoms with Crippen LogP contribution in [0.2, 0.25) is 0 Å². The third-order valence-corrected chi connectivity index (χ3v) is 2.85. The highest BCUT2D eigenvalue weighted by atomic mass is 16.6. The second kappa shape index (κ2) is 8.47. The van der Waals surface area contributed by atoms with Crippen molar-refractivity contribution in [1.82, 2.24) is 5.32 Å². The Morgan fingerprint density at radius 2 is 2.04 bits per heavy atom. The zero-order valence-electron chi connectivity index (χ0n) is 12.8. The number of oxime groups is 1. The van der Waals surface area contributed by atoms with Crippen molar-refractivity contribution in [3.63, 3.8) is 0 Å². The summed E-state index contributed by atoms with van der Waals surface area (Å²) in [5.74, 6) is 1.16. The lowest BCUT2D eigenvalue weighted by molar-refractivity contribution is -0.126. The number of rotatable bonds is 8. The van der Waals surface area contributed by atoms with Gasteiger partial charge in [0.05, 0.1) is 12.3 Å². The lowest BCUT2D eigenvalue weighted by Gasteiger charge is -2.10. The maximum atomic E-state index is 11.7. The summed E-state index contributed by atoms with van der Waals surface area (Å²) in [6.45, 7) is 1.65. The molecule has 0 aliphatic heterocycles. The van der Waals surface area contributed by atoms with Crippen LogP contribution in [0.5, 0.6) is 5.75 Å². The summed E-state index contributed by atoms with van der Waals surface area (Å²) < 4.78 is 10.6. The Balaban J connectivity index is 1.67. The molecule has 3 N–H and O–H groups in total. The number of hydrogen-bond acceptors (Lipinski definition) is 5. The Bertz CT molecular complexity index is 626. The predicted molar refractivity (Wildman–Crippen MR) is 84.8 cm³/mol. The third-order valence-electron chi connectivity index (χ3n) is 2.85. The van der Waals surface area contributed by atoms with Crippen molar-refractivity contribution in [3.05, 3.63) is 54.5 Å². The second-order valence-corrected chi connectivity index (χ2v) is 4.76. The lowest BCUT2D eigenvalue weighted by Crippen LogP contribution is -2.30. The molecule has 1 aromatic carbocycles. The molecular weight excluding hydrogens is 298 g/mol. The van der Waals surface area contributed by atoms with E-state index in [1.165, 1.54) is 0 Å². The van der Waals surface area contributed by atoms with E-state index in [1.54, 1.807) is 30.5 Å². The molecule has 1 unspecified atom stereocenters. The van der Waals surface area contributed by atoms with Gasteiger partial charge in [-0.1, -0.05) is 23.4 Å². The van der Waals surface area contributed by atoms with E-state index in [9.17, 15) is 4.79 Å². The summed E-state index contributed by atoms with van der Waals surface area (Å²) in [4.78, 5) is 16.6. The highest BCUT2D eigenvalue weighted by molar-refractivity contribution is 5.81. The van der Waals surface area contributed by atoms with Gasteiger partial charge in [-0.15, -0.1) is 0 Å². The average Bonchev–Trinajstić information content (AvgIpc) is 3.08. The number of amides is 1. The second-order valence-electron chi connectivity index (χ2n) is 4.76. The predicted octanol–water partition coefficient (Wildman–Crippen LogP) is 1.82. The quantitative estimate of drug-likeness (QED) is 0.439. The Kier molecular flexibility index (Phi) is 6.05. The van der Waals surface area contributed by atoms with Gasteiger partial charge in [-0.2, -0.15) is 0 Å². The van der Waals surface area contributed by atoms with Crippen LogP contribution in [-0.4, -0.2) is 25.0 Å². The number of hydrogen-bond donors (Lipinski definition) is 2. The number of amidine groups is 1. The summed E-state index contributed by atoms with van der Waals surface area (Å²) in [5.41, 5.74) is 5.64.